The van der Waals surface area contributed by atoms with Gasteiger partial charge in [0.2, 0.25) is 0 Å². The highest BCUT2D eigenvalue weighted by Crippen LogP contribution is 2.19. The van der Waals surface area contributed by atoms with Gasteiger partial charge in [-0.3, -0.25) is 19.7 Å². The van der Waals surface area contributed by atoms with Crippen molar-refractivity contribution in [2.75, 3.05) is 6.61 Å². The number of nitrogens with two attached hydrogens (primary N) is 1. The van der Waals surface area contributed by atoms with Crippen molar-refractivity contribution in [2.45, 2.75) is 6.54 Å². The molecule has 2 aromatic carbocycles. The van der Waals surface area contributed by atoms with Gasteiger partial charge in [-0.1, -0.05) is 24.3 Å². The maximum absolute atomic E-state index is 12.6. The van der Waals surface area contributed by atoms with Gasteiger partial charge in [0, 0.05) is 10.8 Å². The summed E-state index contributed by atoms with van der Waals surface area (Å²) >= 11 is 0. The number of aromatic nitrogens is 1. The first-order chi connectivity index (χ1) is 12.5. The minimum Gasteiger partial charge on any atom is -0.454 e. The van der Waals surface area contributed by atoms with Gasteiger partial charge in [-0.25, -0.2) is 4.79 Å². The molecule has 3 N–H and O–H groups in total. The van der Waals surface area contributed by atoms with Crippen LogP contribution >= 0.6 is 0 Å². The van der Waals surface area contributed by atoms with Gasteiger partial charge in [0.05, 0.1) is 11.0 Å². The van der Waals surface area contributed by atoms with Crippen LogP contribution in [0, 0.1) is 0 Å². The Kier molecular flexibility index (Phi) is 4.66. The smallest absolute Gasteiger partial charge is 0.326 e. The van der Waals surface area contributed by atoms with Gasteiger partial charge in [0.1, 0.15) is 6.54 Å². The lowest BCUT2D eigenvalue weighted by molar-refractivity contribution is -0.148. The number of pyridine rings is 1. The number of carbonyl (C=O) groups excluding carboxylic acids is 3. The molecule has 0 aliphatic rings. The lowest BCUT2D eigenvalue weighted by Gasteiger charge is -2.14. The van der Waals surface area contributed by atoms with E-state index in [-0.39, 0.29) is 12.0 Å². The molecule has 0 radical (unpaired) electrons. The number of hydrogen-bond acceptors (Lipinski definition) is 5. The molecule has 0 bridgehead atoms. The molecule has 132 valence electrons. The van der Waals surface area contributed by atoms with E-state index >= 15 is 0 Å². The fraction of sp³-hybridized carbons (Fsp3) is 0.111. The summed E-state index contributed by atoms with van der Waals surface area (Å²) in [7, 11) is 0. The van der Waals surface area contributed by atoms with Crippen molar-refractivity contribution in [1.29, 1.82) is 0 Å². The normalized spacial score (nSPS) is 10.6. The maximum atomic E-state index is 12.6. The molecule has 26 heavy (non-hydrogen) atoms. The molecule has 0 saturated carbocycles. The van der Waals surface area contributed by atoms with Crippen LogP contribution in [0.5, 0.6) is 0 Å². The molecule has 3 rings (SSSR count). The van der Waals surface area contributed by atoms with E-state index in [4.69, 9.17) is 10.5 Å². The van der Waals surface area contributed by atoms with E-state index in [1.165, 1.54) is 0 Å². The van der Waals surface area contributed by atoms with E-state index in [2.05, 4.69) is 0 Å². The molecule has 0 spiro atoms. The van der Waals surface area contributed by atoms with Gasteiger partial charge in [-0.15, -0.1) is 0 Å². The van der Waals surface area contributed by atoms with Gasteiger partial charge >= 0.3 is 12.0 Å². The quantitative estimate of drug-likeness (QED) is 0.533. The summed E-state index contributed by atoms with van der Waals surface area (Å²) in [6, 6.07) is 12.8. The predicted octanol–water partition coefficient (Wildman–Crippen LogP) is 0.893. The van der Waals surface area contributed by atoms with Crippen molar-refractivity contribution in [2.24, 2.45) is 5.73 Å². The average molecular weight is 353 g/mol. The molecule has 1 aromatic heterocycles. The largest absolute Gasteiger partial charge is 0.454 e. The number of urea groups is 1. The highest BCUT2D eigenvalue weighted by molar-refractivity contribution is 5.96. The summed E-state index contributed by atoms with van der Waals surface area (Å²) in [6.45, 7) is -0.830. The lowest BCUT2D eigenvalue weighted by Crippen LogP contribution is -2.38. The summed E-state index contributed by atoms with van der Waals surface area (Å²) in [4.78, 5) is 46.7. The number of para-hydroxylation sites is 2. The number of ether oxygens (including phenoxy) is 1. The molecule has 0 unspecified atom stereocenters. The van der Waals surface area contributed by atoms with E-state index in [1.54, 1.807) is 58.4 Å². The first kappa shape index (κ1) is 17.2. The molecule has 3 amide bonds. The van der Waals surface area contributed by atoms with Crippen LogP contribution < -0.4 is 16.5 Å². The van der Waals surface area contributed by atoms with Crippen LogP contribution in [0.15, 0.2) is 53.3 Å². The maximum Gasteiger partial charge on any atom is 0.326 e. The van der Waals surface area contributed by atoms with Gasteiger partial charge in [-0.2, -0.15) is 0 Å². The fourth-order valence-corrected chi connectivity index (χ4v) is 2.74. The molecule has 0 saturated heterocycles. The SMILES string of the molecule is NC(=O)NC(=O)COC(=O)Cn1c2ccccc2c(=O)c2ccccc21. The minimum atomic E-state index is -1.02. The number of benzene rings is 2. The Morgan fingerprint density at radius 2 is 1.50 bits per heavy atom. The summed E-state index contributed by atoms with van der Waals surface area (Å²) in [5.41, 5.74) is 5.85. The number of amides is 3. The van der Waals surface area contributed by atoms with Crippen LogP contribution in [0.2, 0.25) is 0 Å². The third-order valence-corrected chi connectivity index (χ3v) is 3.79. The number of carbonyl (C=O) groups is 3. The second kappa shape index (κ2) is 7.06. The van der Waals surface area contributed by atoms with Crippen LogP contribution in [0.1, 0.15) is 0 Å². The Morgan fingerprint density at radius 1 is 0.962 bits per heavy atom. The molecule has 0 fully saturated rings. The number of imide groups is 1. The van der Waals surface area contributed by atoms with Gasteiger partial charge in [-0.05, 0) is 24.3 Å². The van der Waals surface area contributed by atoms with Gasteiger partial charge < -0.3 is 15.0 Å². The van der Waals surface area contributed by atoms with Crippen molar-refractivity contribution < 1.29 is 19.1 Å². The molecule has 8 heteroatoms. The molecule has 8 nitrogen and oxygen atoms in total. The van der Waals surface area contributed by atoms with E-state index in [0.29, 0.717) is 21.8 Å². The highest BCUT2D eigenvalue weighted by Gasteiger charge is 2.14. The monoisotopic (exact) mass is 353 g/mol. The first-order valence-corrected chi connectivity index (χ1v) is 7.72. The first-order valence-electron chi connectivity index (χ1n) is 7.72. The fourth-order valence-electron chi connectivity index (χ4n) is 2.74. The Bertz CT molecular complexity index is 1030. The zero-order valence-corrected chi connectivity index (χ0v) is 13.6. The highest BCUT2D eigenvalue weighted by atomic mass is 16.5. The standard InChI is InChI=1S/C18H15N3O5/c19-18(25)20-15(22)10-26-16(23)9-21-13-7-3-1-5-11(13)17(24)12-6-2-4-8-14(12)21/h1-8H,9-10H2,(H3,19,20,22,25). The Hall–Kier alpha value is -3.68. The number of primary amides is 1. The van der Waals surface area contributed by atoms with Crippen molar-refractivity contribution in [3.05, 3.63) is 58.8 Å². The molecule has 0 aliphatic carbocycles. The summed E-state index contributed by atoms with van der Waals surface area (Å²) in [5, 5.41) is 2.76. The van der Waals surface area contributed by atoms with Crippen molar-refractivity contribution in [3.8, 4) is 0 Å². The van der Waals surface area contributed by atoms with Crippen LogP contribution in [0.25, 0.3) is 21.8 Å². The van der Waals surface area contributed by atoms with Crippen molar-refractivity contribution in [3.63, 3.8) is 0 Å². The van der Waals surface area contributed by atoms with Crippen LogP contribution in [-0.2, 0) is 20.9 Å². The van der Waals surface area contributed by atoms with Crippen molar-refractivity contribution >= 4 is 39.7 Å². The topological polar surface area (TPSA) is 120 Å². The number of hydrogen-bond donors (Lipinski definition) is 2. The average Bonchev–Trinajstić information content (AvgIpc) is 2.63. The Morgan fingerprint density at radius 3 is 2.04 bits per heavy atom. The summed E-state index contributed by atoms with van der Waals surface area (Å²) < 4.78 is 6.53. The number of nitrogens with zero attached hydrogens (tertiary/aromatic N) is 1. The van der Waals surface area contributed by atoms with Crippen LogP contribution in [-0.4, -0.2) is 29.1 Å². The van der Waals surface area contributed by atoms with Crippen LogP contribution in [0.3, 0.4) is 0 Å². The minimum absolute atomic E-state index is 0.123. The van der Waals surface area contributed by atoms with E-state index in [1.807, 2.05) is 0 Å². The number of esters is 1. The molecule has 0 aliphatic heterocycles. The van der Waals surface area contributed by atoms with E-state index in [0.717, 1.165) is 0 Å². The predicted molar refractivity (Wildman–Crippen MR) is 94.4 cm³/mol. The summed E-state index contributed by atoms with van der Waals surface area (Å²) in [6.07, 6.45) is 0. The van der Waals surface area contributed by atoms with Gasteiger partial charge in [0.15, 0.2) is 12.0 Å². The zero-order chi connectivity index (χ0) is 18.7. The molecular weight excluding hydrogens is 338 g/mol. The van der Waals surface area contributed by atoms with Crippen LogP contribution in [0.4, 0.5) is 4.79 Å². The Labute approximate surface area is 147 Å². The molecule has 0 atom stereocenters. The zero-order valence-electron chi connectivity index (χ0n) is 13.6. The third-order valence-electron chi connectivity index (χ3n) is 3.79. The Balaban J connectivity index is 1.95. The van der Waals surface area contributed by atoms with E-state index in [9.17, 15) is 19.2 Å². The third kappa shape index (κ3) is 3.39. The molecular formula is C18H15N3O5. The number of nitrogens with one attached hydrogen (secondary N) is 1. The van der Waals surface area contributed by atoms with E-state index < -0.39 is 24.5 Å². The summed E-state index contributed by atoms with van der Waals surface area (Å²) in [5.74, 6) is -1.51. The molecule has 1 heterocycles. The second-order valence-electron chi connectivity index (χ2n) is 5.52. The molecule has 3 aromatic rings. The second-order valence-corrected chi connectivity index (χ2v) is 5.52. The lowest BCUT2D eigenvalue weighted by atomic mass is 10.1. The van der Waals surface area contributed by atoms with Crippen molar-refractivity contribution in [1.82, 2.24) is 9.88 Å². The number of rotatable bonds is 4. The van der Waals surface area contributed by atoms with Gasteiger partial charge in [0.25, 0.3) is 5.91 Å². The number of fused-ring (bicyclic) bond motifs is 2.